The molecule has 1 fully saturated rings. The number of hydrogen-bond acceptors (Lipinski definition) is 4. The Labute approximate surface area is 192 Å². The van der Waals surface area contributed by atoms with E-state index in [4.69, 9.17) is 0 Å². The number of piperidine rings is 1. The van der Waals surface area contributed by atoms with Crippen LogP contribution in [0.3, 0.4) is 0 Å². The molecule has 7 heteroatoms. The Bertz CT molecular complexity index is 1220. The minimum absolute atomic E-state index is 0.0375. The minimum Gasteiger partial charge on any atom is -0.355 e. The van der Waals surface area contributed by atoms with E-state index in [1.165, 1.54) is 34.0 Å². The van der Waals surface area contributed by atoms with Gasteiger partial charge in [-0.15, -0.1) is 5.10 Å². The number of halogens is 1. The lowest BCUT2D eigenvalue weighted by Gasteiger charge is -2.34. The van der Waals surface area contributed by atoms with E-state index in [9.17, 15) is 14.0 Å². The molecule has 1 atom stereocenters. The number of aryl methyl sites for hydroxylation is 1. The van der Waals surface area contributed by atoms with Crippen molar-refractivity contribution in [3.63, 3.8) is 0 Å². The number of amides is 1. The Balaban J connectivity index is 1.24. The van der Waals surface area contributed by atoms with Crippen molar-refractivity contribution in [3.05, 3.63) is 88.0 Å². The smallest absolute Gasteiger partial charge is 0.271 e. The second-order valence-corrected chi connectivity index (χ2v) is 8.83. The number of rotatable bonds is 4. The third-order valence-electron chi connectivity index (χ3n) is 6.71. The van der Waals surface area contributed by atoms with Crippen molar-refractivity contribution < 1.29 is 9.18 Å². The minimum atomic E-state index is -0.418. The van der Waals surface area contributed by atoms with E-state index in [-0.39, 0.29) is 23.4 Å². The SMILES string of the molecule is O=C(NC1CCCc2ccccc21)C1CCN(c2ccc(=O)n(-c3cccc(F)c3)n2)CC1. The Hall–Kier alpha value is -3.48. The molecule has 5 rings (SSSR count). The summed E-state index contributed by atoms with van der Waals surface area (Å²) in [5.41, 5.74) is 2.66. The van der Waals surface area contributed by atoms with Gasteiger partial charge in [-0.3, -0.25) is 9.59 Å². The van der Waals surface area contributed by atoms with E-state index < -0.39 is 5.82 Å². The van der Waals surface area contributed by atoms with E-state index in [0.29, 0.717) is 24.6 Å². The molecule has 2 aliphatic rings. The zero-order valence-electron chi connectivity index (χ0n) is 18.4. The van der Waals surface area contributed by atoms with Gasteiger partial charge in [-0.1, -0.05) is 30.3 Å². The second kappa shape index (κ2) is 9.17. The van der Waals surface area contributed by atoms with Crippen LogP contribution in [0.15, 0.2) is 65.5 Å². The molecule has 3 aromatic rings. The summed E-state index contributed by atoms with van der Waals surface area (Å²) in [4.78, 5) is 27.4. The maximum atomic E-state index is 13.6. The first-order valence-electron chi connectivity index (χ1n) is 11.6. The van der Waals surface area contributed by atoms with Crippen molar-refractivity contribution >= 4 is 11.7 Å². The Morgan fingerprint density at radius 1 is 1.00 bits per heavy atom. The predicted molar refractivity (Wildman–Crippen MR) is 125 cm³/mol. The van der Waals surface area contributed by atoms with Gasteiger partial charge in [0, 0.05) is 25.1 Å². The molecule has 33 heavy (non-hydrogen) atoms. The van der Waals surface area contributed by atoms with Crippen LogP contribution in [-0.4, -0.2) is 28.8 Å². The van der Waals surface area contributed by atoms with E-state index in [1.54, 1.807) is 18.2 Å². The summed E-state index contributed by atoms with van der Waals surface area (Å²) in [5, 5.41) is 7.75. The van der Waals surface area contributed by atoms with Gasteiger partial charge in [-0.05, 0) is 67.5 Å². The first-order chi connectivity index (χ1) is 16.1. The third-order valence-corrected chi connectivity index (χ3v) is 6.71. The van der Waals surface area contributed by atoms with Gasteiger partial charge in [0.05, 0.1) is 11.7 Å². The van der Waals surface area contributed by atoms with Gasteiger partial charge >= 0.3 is 0 Å². The van der Waals surface area contributed by atoms with Crippen LogP contribution in [-0.2, 0) is 11.2 Å². The molecule has 6 nitrogen and oxygen atoms in total. The van der Waals surface area contributed by atoms with Gasteiger partial charge in [-0.2, -0.15) is 4.68 Å². The van der Waals surface area contributed by atoms with E-state index in [1.807, 2.05) is 6.07 Å². The molecule has 1 aliphatic heterocycles. The fraction of sp³-hybridized carbons (Fsp3) is 0.346. The van der Waals surface area contributed by atoms with Crippen LogP contribution >= 0.6 is 0 Å². The van der Waals surface area contributed by atoms with Gasteiger partial charge in [0.15, 0.2) is 0 Å². The fourth-order valence-electron chi connectivity index (χ4n) is 4.93. The van der Waals surface area contributed by atoms with Gasteiger partial charge in [0.2, 0.25) is 5.91 Å². The molecule has 1 N–H and O–H groups in total. The van der Waals surface area contributed by atoms with Gasteiger partial charge < -0.3 is 10.2 Å². The highest BCUT2D eigenvalue weighted by Gasteiger charge is 2.29. The van der Waals surface area contributed by atoms with Gasteiger partial charge in [0.1, 0.15) is 11.6 Å². The first kappa shape index (κ1) is 21.4. The number of benzene rings is 2. The Morgan fingerprint density at radius 3 is 2.64 bits per heavy atom. The number of aromatic nitrogens is 2. The quantitative estimate of drug-likeness (QED) is 0.662. The average molecular weight is 447 g/mol. The van der Waals surface area contributed by atoms with Crippen LogP contribution in [0.5, 0.6) is 0 Å². The summed E-state index contributed by atoms with van der Waals surface area (Å²) in [7, 11) is 0. The molecule has 1 saturated heterocycles. The molecule has 0 bridgehead atoms. The van der Waals surface area contributed by atoms with Crippen molar-refractivity contribution in [3.8, 4) is 5.69 Å². The van der Waals surface area contributed by atoms with Crippen LogP contribution in [0, 0.1) is 11.7 Å². The zero-order valence-corrected chi connectivity index (χ0v) is 18.4. The molecule has 1 aromatic heterocycles. The molecule has 0 radical (unpaired) electrons. The molecular formula is C26H27FN4O2. The zero-order chi connectivity index (χ0) is 22.8. The number of carbonyl (C=O) groups excluding carboxylic acids is 1. The van der Waals surface area contributed by atoms with Crippen LogP contribution in [0.25, 0.3) is 5.69 Å². The van der Waals surface area contributed by atoms with Crippen LogP contribution < -0.4 is 15.8 Å². The predicted octanol–water partition coefficient (Wildman–Crippen LogP) is 3.78. The monoisotopic (exact) mass is 446 g/mol. The summed E-state index contributed by atoms with van der Waals surface area (Å²) < 4.78 is 14.8. The average Bonchev–Trinajstić information content (AvgIpc) is 2.85. The van der Waals surface area contributed by atoms with E-state index >= 15 is 0 Å². The van der Waals surface area contributed by atoms with Crippen molar-refractivity contribution in [2.24, 2.45) is 5.92 Å². The molecule has 0 spiro atoms. The normalized spacial score (nSPS) is 18.6. The molecule has 0 saturated carbocycles. The molecule has 2 aromatic carbocycles. The number of fused-ring (bicyclic) bond motifs is 1. The van der Waals surface area contributed by atoms with Crippen LogP contribution in [0.1, 0.15) is 42.9 Å². The van der Waals surface area contributed by atoms with Crippen LogP contribution in [0.2, 0.25) is 0 Å². The summed E-state index contributed by atoms with van der Waals surface area (Å²) in [6.07, 6.45) is 4.59. The highest BCUT2D eigenvalue weighted by molar-refractivity contribution is 5.79. The number of nitrogens with zero attached hydrogens (tertiary/aromatic N) is 3. The lowest BCUT2D eigenvalue weighted by atomic mass is 9.87. The topological polar surface area (TPSA) is 67.2 Å². The Kier molecular flexibility index (Phi) is 5.94. The standard InChI is InChI=1S/C26H27FN4O2/c27-20-7-4-8-21(17-20)31-25(32)12-11-24(29-31)30-15-13-19(14-16-30)26(33)28-23-10-3-6-18-5-1-2-9-22(18)23/h1-2,4-5,7-9,11-12,17,19,23H,3,6,10,13-16H2,(H,28,33). The molecule has 1 amide bonds. The Morgan fingerprint density at radius 2 is 1.82 bits per heavy atom. The molecule has 170 valence electrons. The molecule has 2 heterocycles. The maximum absolute atomic E-state index is 13.6. The van der Waals surface area contributed by atoms with Crippen molar-refractivity contribution in [2.45, 2.75) is 38.1 Å². The first-order valence-corrected chi connectivity index (χ1v) is 11.6. The van der Waals surface area contributed by atoms with Crippen molar-refractivity contribution in [1.82, 2.24) is 15.1 Å². The summed E-state index contributed by atoms with van der Waals surface area (Å²) in [6.45, 7) is 1.35. The van der Waals surface area contributed by atoms with Crippen LogP contribution in [0.4, 0.5) is 10.2 Å². The van der Waals surface area contributed by atoms with E-state index in [0.717, 1.165) is 32.1 Å². The van der Waals surface area contributed by atoms with Crippen molar-refractivity contribution in [1.29, 1.82) is 0 Å². The number of hydrogen-bond donors (Lipinski definition) is 1. The fourth-order valence-corrected chi connectivity index (χ4v) is 4.93. The number of anilines is 1. The third kappa shape index (κ3) is 4.53. The van der Waals surface area contributed by atoms with Crippen molar-refractivity contribution in [2.75, 3.05) is 18.0 Å². The number of nitrogens with one attached hydrogen (secondary N) is 1. The van der Waals surface area contributed by atoms with E-state index in [2.05, 4.69) is 33.5 Å². The highest BCUT2D eigenvalue weighted by Crippen LogP contribution is 2.30. The van der Waals surface area contributed by atoms with Gasteiger partial charge in [-0.25, -0.2) is 4.39 Å². The highest BCUT2D eigenvalue weighted by atomic mass is 19.1. The summed E-state index contributed by atoms with van der Waals surface area (Å²) in [5.74, 6) is 0.316. The summed E-state index contributed by atoms with van der Waals surface area (Å²) in [6, 6.07) is 17.5. The number of carbonyl (C=O) groups is 1. The second-order valence-electron chi connectivity index (χ2n) is 8.83. The maximum Gasteiger partial charge on any atom is 0.271 e. The summed E-state index contributed by atoms with van der Waals surface area (Å²) >= 11 is 0. The molecule has 1 aliphatic carbocycles. The molecular weight excluding hydrogens is 419 g/mol. The lowest BCUT2D eigenvalue weighted by Crippen LogP contribution is -2.42. The molecule has 1 unspecified atom stereocenters. The largest absolute Gasteiger partial charge is 0.355 e. The van der Waals surface area contributed by atoms with Gasteiger partial charge in [0.25, 0.3) is 5.56 Å². The lowest BCUT2D eigenvalue weighted by molar-refractivity contribution is -0.126.